The van der Waals surface area contributed by atoms with Gasteiger partial charge in [0.15, 0.2) is 0 Å². The SMILES string of the molecule is COc1cccc(-c2cn[nH]c2C2CCCN2C(=O)CN2CCCCCC2)c1. The van der Waals surface area contributed by atoms with Crippen LogP contribution in [0.25, 0.3) is 11.1 Å². The van der Waals surface area contributed by atoms with Crippen molar-refractivity contribution in [2.24, 2.45) is 0 Å². The number of nitrogens with one attached hydrogen (secondary N) is 1. The highest BCUT2D eigenvalue weighted by molar-refractivity contribution is 5.79. The van der Waals surface area contributed by atoms with Crippen LogP contribution in [0, 0.1) is 0 Å². The molecule has 4 rings (SSSR count). The summed E-state index contributed by atoms with van der Waals surface area (Å²) in [5, 5.41) is 7.49. The van der Waals surface area contributed by atoms with E-state index >= 15 is 0 Å². The molecular weight excluding hydrogens is 352 g/mol. The van der Waals surface area contributed by atoms with Crippen LogP contribution in [-0.2, 0) is 4.79 Å². The van der Waals surface area contributed by atoms with E-state index in [0.717, 1.165) is 55.0 Å². The highest BCUT2D eigenvalue weighted by Gasteiger charge is 2.33. The first-order valence-corrected chi connectivity index (χ1v) is 10.5. The van der Waals surface area contributed by atoms with Gasteiger partial charge in [0.1, 0.15) is 5.75 Å². The molecular formula is C22H30N4O2. The van der Waals surface area contributed by atoms with E-state index in [2.05, 4.69) is 26.1 Å². The molecule has 150 valence electrons. The van der Waals surface area contributed by atoms with Gasteiger partial charge in [-0.25, -0.2) is 0 Å². The summed E-state index contributed by atoms with van der Waals surface area (Å²) in [4.78, 5) is 17.5. The number of likely N-dealkylation sites (tertiary alicyclic amines) is 2. The third kappa shape index (κ3) is 4.07. The van der Waals surface area contributed by atoms with Crippen LogP contribution < -0.4 is 4.74 Å². The second kappa shape index (κ2) is 8.78. The summed E-state index contributed by atoms with van der Waals surface area (Å²) in [5.41, 5.74) is 3.16. The van der Waals surface area contributed by atoms with Crippen molar-refractivity contribution in [2.75, 3.05) is 33.3 Å². The van der Waals surface area contributed by atoms with Crippen LogP contribution in [0.2, 0.25) is 0 Å². The van der Waals surface area contributed by atoms with Crippen LogP contribution in [0.15, 0.2) is 30.5 Å². The normalized spacial score (nSPS) is 20.9. The van der Waals surface area contributed by atoms with Crippen molar-refractivity contribution in [3.8, 4) is 16.9 Å². The fourth-order valence-electron chi connectivity index (χ4n) is 4.51. The number of rotatable bonds is 5. The zero-order chi connectivity index (χ0) is 19.3. The largest absolute Gasteiger partial charge is 0.497 e. The van der Waals surface area contributed by atoms with Crippen LogP contribution in [0.1, 0.15) is 50.3 Å². The van der Waals surface area contributed by atoms with Gasteiger partial charge in [0.05, 0.1) is 31.6 Å². The standard InChI is InChI=1S/C22H30N4O2/c1-28-18-9-6-8-17(14-18)19-15-23-24-22(19)20-10-7-13-26(20)21(27)16-25-11-4-2-3-5-12-25/h6,8-9,14-15,20H,2-5,7,10-13,16H2,1H3,(H,23,24). The molecule has 1 aromatic heterocycles. The Kier molecular flexibility index (Phi) is 5.95. The maximum absolute atomic E-state index is 13.1. The summed E-state index contributed by atoms with van der Waals surface area (Å²) in [6.45, 7) is 3.46. The van der Waals surface area contributed by atoms with Gasteiger partial charge in [-0.2, -0.15) is 5.10 Å². The fourth-order valence-corrected chi connectivity index (χ4v) is 4.51. The molecule has 2 aliphatic heterocycles. The fraction of sp³-hybridized carbons (Fsp3) is 0.545. The Bertz CT molecular complexity index is 795. The molecule has 0 radical (unpaired) electrons. The number of aromatic amines is 1. The van der Waals surface area contributed by atoms with Crippen LogP contribution in [-0.4, -0.2) is 59.2 Å². The molecule has 1 aromatic carbocycles. The first kappa shape index (κ1) is 19.0. The van der Waals surface area contributed by atoms with Crippen molar-refractivity contribution >= 4 is 5.91 Å². The molecule has 2 aromatic rings. The predicted molar refractivity (Wildman–Crippen MR) is 109 cm³/mol. The summed E-state index contributed by atoms with van der Waals surface area (Å²) in [7, 11) is 1.68. The minimum Gasteiger partial charge on any atom is -0.497 e. The minimum absolute atomic E-state index is 0.0724. The van der Waals surface area contributed by atoms with E-state index in [-0.39, 0.29) is 11.9 Å². The topological polar surface area (TPSA) is 61.5 Å². The van der Waals surface area contributed by atoms with Crippen LogP contribution in [0.4, 0.5) is 0 Å². The van der Waals surface area contributed by atoms with Gasteiger partial charge < -0.3 is 9.64 Å². The summed E-state index contributed by atoms with van der Waals surface area (Å²) in [6, 6.07) is 8.09. The number of methoxy groups -OCH3 is 1. The number of aromatic nitrogens is 2. The van der Waals surface area contributed by atoms with Gasteiger partial charge in [-0.05, 0) is 56.5 Å². The number of carbonyl (C=O) groups is 1. The van der Waals surface area contributed by atoms with Gasteiger partial charge in [0.25, 0.3) is 0 Å². The van der Waals surface area contributed by atoms with E-state index in [9.17, 15) is 4.79 Å². The van der Waals surface area contributed by atoms with E-state index < -0.39 is 0 Å². The number of amides is 1. The average Bonchev–Trinajstić information content (AvgIpc) is 3.33. The Morgan fingerprint density at radius 3 is 2.79 bits per heavy atom. The zero-order valence-corrected chi connectivity index (χ0v) is 16.7. The highest BCUT2D eigenvalue weighted by Crippen LogP contribution is 2.37. The smallest absolute Gasteiger partial charge is 0.237 e. The Morgan fingerprint density at radius 2 is 2.00 bits per heavy atom. The third-order valence-corrected chi connectivity index (χ3v) is 6.01. The average molecular weight is 383 g/mol. The lowest BCUT2D eigenvalue weighted by Crippen LogP contribution is -2.40. The summed E-state index contributed by atoms with van der Waals surface area (Å²) >= 11 is 0. The molecule has 1 unspecified atom stereocenters. The lowest BCUT2D eigenvalue weighted by atomic mass is 10.0. The van der Waals surface area contributed by atoms with Crippen LogP contribution in [0.3, 0.4) is 0 Å². The molecule has 1 amide bonds. The van der Waals surface area contributed by atoms with E-state index in [1.165, 1.54) is 25.7 Å². The van der Waals surface area contributed by atoms with Crippen molar-refractivity contribution < 1.29 is 9.53 Å². The maximum Gasteiger partial charge on any atom is 0.237 e. The van der Waals surface area contributed by atoms with Gasteiger partial charge in [0.2, 0.25) is 5.91 Å². The second-order valence-electron chi connectivity index (χ2n) is 7.86. The Balaban J connectivity index is 1.52. The molecule has 0 bridgehead atoms. The van der Waals surface area contributed by atoms with Crippen molar-refractivity contribution in [1.82, 2.24) is 20.0 Å². The molecule has 2 aliphatic rings. The number of carbonyl (C=O) groups excluding carboxylic acids is 1. The first-order valence-electron chi connectivity index (χ1n) is 10.5. The van der Waals surface area contributed by atoms with E-state index in [1.54, 1.807) is 7.11 Å². The summed E-state index contributed by atoms with van der Waals surface area (Å²) in [5.74, 6) is 1.07. The number of ether oxygens (including phenoxy) is 1. The minimum atomic E-state index is 0.0724. The molecule has 2 saturated heterocycles. The zero-order valence-electron chi connectivity index (χ0n) is 16.7. The molecule has 2 fully saturated rings. The van der Waals surface area contributed by atoms with Crippen LogP contribution >= 0.6 is 0 Å². The predicted octanol–water partition coefficient (Wildman–Crippen LogP) is 3.62. The lowest BCUT2D eigenvalue weighted by Gasteiger charge is -2.28. The number of H-pyrrole nitrogens is 1. The number of nitrogens with zero attached hydrogens (tertiary/aromatic N) is 3. The Hall–Kier alpha value is -2.34. The third-order valence-electron chi connectivity index (χ3n) is 6.01. The molecule has 1 N–H and O–H groups in total. The van der Waals surface area contributed by atoms with Crippen molar-refractivity contribution in [2.45, 2.75) is 44.6 Å². The van der Waals surface area contributed by atoms with E-state index in [4.69, 9.17) is 4.74 Å². The van der Waals surface area contributed by atoms with Crippen LogP contribution in [0.5, 0.6) is 5.75 Å². The first-order chi connectivity index (χ1) is 13.8. The molecule has 0 aliphatic carbocycles. The van der Waals surface area contributed by atoms with E-state index in [1.807, 2.05) is 24.4 Å². The summed E-state index contributed by atoms with van der Waals surface area (Å²) < 4.78 is 5.37. The van der Waals surface area contributed by atoms with Crippen molar-refractivity contribution in [3.63, 3.8) is 0 Å². The lowest BCUT2D eigenvalue weighted by molar-refractivity contribution is -0.133. The highest BCUT2D eigenvalue weighted by atomic mass is 16.5. The molecule has 6 nitrogen and oxygen atoms in total. The van der Waals surface area contributed by atoms with Gasteiger partial charge in [-0.3, -0.25) is 14.8 Å². The van der Waals surface area contributed by atoms with Gasteiger partial charge in [-0.1, -0.05) is 25.0 Å². The van der Waals surface area contributed by atoms with Crippen molar-refractivity contribution in [1.29, 1.82) is 0 Å². The molecule has 6 heteroatoms. The summed E-state index contributed by atoms with van der Waals surface area (Å²) in [6.07, 6.45) is 8.86. The van der Waals surface area contributed by atoms with E-state index in [0.29, 0.717) is 6.54 Å². The number of benzene rings is 1. The molecule has 1 atom stereocenters. The Labute approximate surface area is 166 Å². The number of hydrogen-bond donors (Lipinski definition) is 1. The maximum atomic E-state index is 13.1. The second-order valence-corrected chi connectivity index (χ2v) is 7.86. The molecule has 3 heterocycles. The molecule has 0 saturated carbocycles. The number of hydrogen-bond acceptors (Lipinski definition) is 4. The molecule has 0 spiro atoms. The monoisotopic (exact) mass is 382 g/mol. The van der Waals surface area contributed by atoms with Gasteiger partial charge in [-0.15, -0.1) is 0 Å². The van der Waals surface area contributed by atoms with Gasteiger partial charge >= 0.3 is 0 Å². The quantitative estimate of drug-likeness (QED) is 0.858. The molecule has 28 heavy (non-hydrogen) atoms. The Morgan fingerprint density at radius 1 is 1.18 bits per heavy atom. The van der Waals surface area contributed by atoms with Crippen molar-refractivity contribution in [3.05, 3.63) is 36.2 Å². The van der Waals surface area contributed by atoms with Gasteiger partial charge in [0, 0.05) is 12.1 Å².